The number of hydrogen-bond acceptors (Lipinski definition) is 5. The summed E-state index contributed by atoms with van der Waals surface area (Å²) in [4.78, 5) is 18.7. The van der Waals surface area contributed by atoms with Gasteiger partial charge in [-0.25, -0.2) is 8.42 Å². The molecule has 0 aliphatic carbocycles. The number of amides is 1. The van der Waals surface area contributed by atoms with Crippen LogP contribution < -0.4 is 0 Å². The second-order valence-corrected chi connectivity index (χ2v) is 9.36. The van der Waals surface area contributed by atoms with E-state index in [-0.39, 0.29) is 17.7 Å². The minimum Gasteiger partial charge on any atom is -0.339 e. The number of rotatable bonds is 5. The number of piperazine rings is 1. The molecular formula is C18H27N3O3S. The van der Waals surface area contributed by atoms with Crippen molar-refractivity contribution < 1.29 is 13.2 Å². The lowest BCUT2D eigenvalue weighted by atomic mass is 10.2. The first-order valence-corrected chi connectivity index (χ1v) is 10.7. The highest BCUT2D eigenvalue weighted by Gasteiger charge is 2.34. The van der Waals surface area contributed by atoms with E-state index in [1.807, 2.05) is 35.0 Å². The van der Waals surface area contributed by atoms with Gasteiger partial charge in [0.15, 0.2) is 9.84 Å². The molecule has 25 heavy (non-hydrogen) atoms. The largest absolute Gasteiger partial charge is 0.339 e. The van der Waals surface area contributed by atoms with E-state index in [4.69, 9.17) is 0 Å². The highest BCUT2D eigenvalue weighted by molar-refractivity contribution is 7.91. The maximum atomic E-state index is 12.5. The van der Waals surface area contributed by atoms with Crippen molar-refractivity contribution in [3.05, 3.63) is 35.9 Å². The Labute approximate surface area is 150 Å². The molecule has 138 valence electrons. The van der Waals surface area contributed by atoms with Crippen LogP contribution in [0.1, 0.15) is 12.0 Å². The monoisotopic (exact) mass is 365 g/mol. The molecule has 0 aromatic heterocycles. The fraction of sp³-hybridized carbons (Fsp3) is 0.611. The van der Waals surface area contributed by atoms with Crippen LogP contribution in [0.5, 0.6) is 0 Å². The molecule has 0 bridgehead atoms. The quantitative estimate of drug-likeness (QED) is 0.758. The molecule has 0 radical (unpaired) electrons. The Kier molecular flexibility index (Phi) is 5.76. The first kappa shape index (κ1) is 18.4. The van der Waals surface area contributed by atoms with Crippen molar-refractivity contribution in [3.8, 4) is 0 Å². The average Bonchev–Trinajstić information content (AvgIpc) is 2.96. The van der Waals surface area contributed by atoms with Crippen LogP contribution in [0.15, 0.2) is 30.3 Å². The van der Waals surface area contributed by atoms with Gasteiger partial charge in [-0.3, -0.25) is 14.6 Å². The van der Waals surface area contributed by atoms with Gasteiger partial charge in [0.05, 0.1) is 18.1 Å². The summed E-state index contributed by atoms with van der Waals surface area (Å²) in [6.45, 7) is 4.09. The molecule has 2 fully saturated rings. The maximum Gasteiger partial charge on any atom is 0.236 e. The van der Waals surface area contributed by atoms with Crippen LogP contribution in [0.3, 0.4) is 0 Å². The minimum absolute atomic E-state index is 0.142. The first-order chi connectivity index (χ1) is 11.9. The Morgan fingerprint density at radius 3 is 2.44 bits per heavy atom. The molecule has 2 aliphatic heterocycles. The van der Waals surface area contributed by atoms with E-state index in [1.54, 1.807) is 0 Å². The van der Waals surface area contributed by atoms with Gasteiger partial charge in [-0.1, -0.05) is 30.3 Å². The van der Waals surface area contributed by atoms with Gasteiger partial charge >= 0.3 is 0 Å². The SMILES string of the molecule is CN(CC(=O)N1CCN(C2CCS(=O)(=O)C2)CC1)Cc1ccccc1. The van der Waals surface area contributed by atoms with E-state index >= 15 is 0 Å². The molecule has 1 aromatic carbocycles. The number of likely N-dealkylation sites (N-methyl/N-ethyl adjacent to an activating group) is 1. The molecular weight excluding hydrogens is 338 g/mol. The fourth-order valence-electron chi connectivity index (χ4n) is 3.68. The molecule has 2 aliphatic rings. The summed E-state index contributed by atoms with van der Waals surface area (Å²) in [5.74, 6) is 0.735. The molecule has 1 unspecified atom stereocenters. The predicted molar refractivity (Wildman–Crippen MR) is 98.0 cm³/mol. The third-order valence-corrected chi connectivity index (χ3v) is 6.84. The average molecular weight is 365 g/mol. The number of carbonyl (C=O) groups excluding carboxylic acids is 1. The third-order valence-electron chi connectivity index (χ3n) is 5.09. The molecule has 0 N–H and O–H groups in total. The second kappa shape index (κ2) is 7.85. The van der Waals surface area contributed by atoms with Gasteiger partial charge < -0.3 is 4.90 Å². The van der Waals surface area contributed by atoms with E-state index in [2.05, 4.69) is 17.0 Å². The van der Waals surface area contributed by atoms with Crippen LogP contribution in [0, 0.1) is 0 Å². The molecule has 2 saturated heterocycles. The first-order valence-electron chi connectivity index (χ1n) is 8.88. The van der Waals surface area contributed by atoms with E-state index in [0.29, 0.717) is 25.4 Å². The molecule has 3 rings (SSSR count). The van der Waals surface area contributed by atoms with Gasteiger partial charge in [0.1, 0.15) is 0 Å². The number of benzene rings is 1. The normalized spacial score (nSPS) is 23.9. The summed E-state index contributed by atoms with van der Waals surface area (Å²) < 4.78 is 23.3. The fourth-order valence-corrected chi connectivity index (χ4v) is 5.44. The van der Waals surface area contributed by atoms with Gasteiger partial charge in [0, 0.05) is 38.8 Å². The predicted octanol–water partition coefficient (Wildman–Crippen LogP) is 0.450. The Balaban J connectivity index is 1.44. The van der Waals surface area contributed by atoms with Crippen LogP contribution in [0.25, 0.3) is 0 Å². The number of sulfone groups is 1. The minimum atomic E-state index is -2.85. The van der Waals surface area contributed by atoms with Gasteiger partial charge in [0.2, 0.25) is 5.91 Å². The zero-order chi connectivity index (χ0) is 17.9. The van der Waals surface area contributed by atoms with Crippen molar-refractivity contribution in [2.45, 2.75) is 19.0 Å². The van der Waals surface area contributed by atoms with E-state index < -0.39 is 9.84 Å². The smallest absolute Gasteiger partial charge is 0.236 e. The van der Waals surface area contributed by atoms with Crippen LogP contribution >= 0.6 is 0 Å². The maximum absolute atomic E-state index is 12.5. The van der Waals surface area contributed by atoms with Crippen molar-refractivity contribution in [2.75, 3.05) is 51.3 Å². The summed E-state index contributed by atoms with van der Waals surface area (Å²) in [7, 11) is -0.886. The summed E-state index contributed by atoms with van der Waals surface area (Å²) in [6.07, 6.45) is 0.732. The summed E-state index contributed by atoms with van der Waals surface area (Å²) in [6, 6.07) is 10.3. The van der Waals surface area contributed by atoms with E-state index in [0.717, 1.165) is 26.1 Å². The van der Waals surface area contributed by atoms with E-state index in [1.165, 1.54) is 5.56 Å². The molecule has 1 atom stereocenters. The lowest BCUT2D eigenvalue weighted by Gasteiger charge is -2.38. The summed E-state index contributed by atoms with van der Waals surface area (Å²) >= 11 is 0. The summed E-state index contributed by atoms with van der Waals surface area (Å²) in [5.41, 5.74) is 1.20. The van der Waals surface area contributed by atoms with Crippen molar-refractivity contribution in [3.63, 3.8) is 0 Å². The van der Waals surface area contributed by atoms with Crippen LogP contribution in [0.2, 0.25) is 0 Å². The van der Waals surface area contributed by atoms with Crippen LogP contribution in [-0.2, 0) is 21.2 Å². The second-order valence-electron chi connectivity index (χ2n) is 7.13. The molecule has 7 heteroatoms. The number of hydrogen-bond donors (Lipinski definition) is 0. The Bertz CT molecular complexity index is 685. The Morgan fingerprint density at radius 1 is 1.16 bits per heavy atom. The van der Waals surface area contributed by atoms with Crippen molar-refractivity contribution in [1.82, 2.24) is 14.7 Å². The highest BCUT2D eigenvalue weighted by Crippen LogP contribution is 2.19. The lowest BCUT2D eigenvalue weighted by Crippen LogP contribution is -2.53. The van der Waals surface area contributed by atoms with Crippen molar-refractivity contribution >= 4 is 15.7 Å². The lowest BCUT2D eigenvalue weighted by molar-refractivity contribution is -0.134. The number of carbonyl (C=O) groups is 1. The molecule has 1 amide bonds. The molecule has 0 spiro atoms. The van der Waals surface area contributed by atoms with Crippen LogP contribution in [0.4, 0.5) is 0 Å². The Hall–Kier alpha value is -1.44. The zero-order valence-electron chi connectivity index (χ0n) is 14.8. The van der Waals surface area contributed by atoms with Gasteiger partial charge in [-0.2, -0.15) is 0 Å². The van der Waals surface area contributed by atoms with Gasteiger partial charge in [-0.05, 0) is 19.0 Å². The standard InChI is InChI=1S/C18H27N3O3S/c1-19(13-16-5-3-2-4-6-16)14-18(22)21-10-8-20(9-11-21)17-7-12-25(23,24)15-17/h2-6,17H,7-15H2,1H3. The van der Waals surface area contributed by atoms with Crippen LogP contribution in [-0.4, -0.2) is 86.3 Å². The highest BCUT2D eigenvalue weighted by atomic mass is 32.2. The molecule has 6 nitrogen and oxygen atoms in total. The molecule has 2 heterocycles. The number of nitrogens with zero attached hydrogens (tertiary/aromatic N) is 3. The van der Waals surface area contributed by atoms with E-state index in [9.17, 15) is 13.2 Å². The Morgan fingerprint density at radius 2 is 1.84 bits per heavy atom. The summed E-state index contributed by atoms with van der Waals surface area (Å²) in [5, 5.41) is 0. The third kappa shape index (κ3) is 5.03. The van der Waals surface area contributed by atoms with Gasteiger partial charge in [0.25, 0.3) is 0 Å². The zero-order valence-corrected chi connectivity index (χ0v) is 15.6. The van der Waals surface area contributed by atoms with Gasteiger partial charge in [-0.15, -0.1) is 0 Å². The molecule has 1 aromatic rings. The molecule has 0 saturated carbocycles. The van der Waals surface area contributed by atoms with Crippen molar-refractivity contribution in [2.24, 2.45) is 0 Å². The van der Waals surface area contributed by atoms with Crippen molar-refractivity contribution in [1.29, 1.82) is 0 Å². The topological polar surface area (TPSA) is 60.9 Å².